The second kappa shape index (κ2) is 7.92. The zero-order valence-corrected chi connectivity index (χ0v) is 10.1. The molecule has 0 aromatic heterocycles. The lowest BCUT2D eigenvalue weighted by Gasteiger charge is -2.23. The van der Waals surface area contributed by atoms with Crippen molar-refractivity contribution in [2.24, 2.45) is 16.8 Å². The minimum atomic E-state index is -0.605. The van der Waals surface area contributed by atoms with Crippen LogP contribution in [-0.2, 0) is 9.53 Å². The molecule has 0 heterocycles. The van der Waals surface area contributed by atoms with Crippen LogP contribution in [0.2, 0.25) is 0 Å². The van der Waals surface area contributed by atoms with Crippen molar-refractivity contribution in [3.63, 3.8) is 0 Å². The third-order valence-corrected chi connectivity index (χ3v) is 2.33. The average Bonchev–Trinajstić information content (AvgIpc) is 2.32. The number of amidine groups is 1. The summed E-state index contributed by atoms with van der Waals surface area (Å²) in [6.07, 6.45) is 0. The van der Waals surface area contributed by atoms with Gasteiger partial charge in [-0.3, -0.25) is 4.79 Å². The van der Waals surface area contributed by atoms with Crippen molar-refractivity contribution < 1.29 is 14.7 Å². The zero-order chi connectivity index (χ0) is 12.6. The fourth-order valence-electron chi connectivity index (χ4n) is 1.23. The first-order valence-corrected chi connectivity index (χ1v) is 5.42. The van der Waals surface area contributed by atoms with Crippen molar-refractivity contribution >= 4 is 11.7 Å². The fourth-order valence-corrected chi connectivity index (χ4v) is 1.23. The van der Waals surface area contributed by atoms with Crippen LogP contribution in [0.5, 0.6) is 0 Å². The maximum Gasteiger partial charge on any atom is 0.233 e. The number of nitrogens with two attached hydrogens (primary N) is 1. The largest absolute Gasteiger partial charge is 0.409 e. The van der Waals surface area contributed by atoms with Gasteiger partial charge in [-0.2, -0.15) is 0 Å². The van der Waals surface area contributed by atoms with Crippen LogP contribution in [0.15, 0.2) is 5.16 Å². The molecule has 0 bridgehead atoms. The van der Waals surface area contributed by atoms with Gasteiger partial charge in [-0.1, -0.05) is 5.16 Å². The molecule has 0 aliphatic rings. The van der Waals surface area contributed by atoms with Gasteiger partial charge in [-0.05, 0) is 20.8 Å². The normalized spacial score (nSPS) is 13.6. The van der Waals surface area contributed by atoms with Gasteiger partial charge in [-0.15, -0.1) is 0 Å². The standard InChI is InChI=1S/C10H21N3O3/c1-4-13(6-7-16-5-2)10(14)8(3)9(11)12-15/h8,15H,4-7H2,1-3H3,(H2,11,12). The fraction of sp³-hybridized carbons (Fsp3) is 0.800. The van der Waals surface area contributed by atoms with Crippen molar-refractivity contribution in [2.75, 3.05) is 26.3 Å². The lowest BCUT2D eigenvalue weighted by molar-refractivity contribution is -0.133. The minimum Gasteiger partial charge on any atom is -0.409 e. The highest BCUT2D eigenvalue weighted by Crippen LogP contribution is 2.02. The first-order valence-electron chi connectivity index (χ1n) is 5.42. The number of nitrogens with zero attached hydrogens (tertiary/aromatic N) is 2. The predicted molar refractivity (Wildman–Crippen MR) is 61.3 cm³/mol. The topological polar surface area (TPSA) is 88.2 Å². The van der Waals surface area contributed by atoms with Gasteiger partial charge in [-0.25, -0.2) is 0 Å². The van der Waals surface area contributed by atoms with Crippen molar-refractivity contribution in [2.45, 2.75) is 20.8 Å². The summed E-state index contributed by atoms with van der Waals surface area (Å²) in [6, 6.07) is 0. The van der Waals surface area contributed by atoms with E-state index in [-0.39, 0.29) is 11.7 Å². The van der Waals surface area contributed by atoms with Crippen LogP contribution < -0.4 is 5.73 Å². The van der Waals surface area contributed by atoms with Crippen LogP contribution in [-0.4, -0.2) is 48.2 Å². The van der Waals surface area contributed by atoms with Crippen LogP contribution in [0.1, 0.15) is 20.8 Å². The number of hydrogen-bond donors (Lipinski definition) is 2. The molecule has 1 atom stereocenters. The molecule has 3 N–H and O–H groups in total. The minimum absolute atomic E-state index is 0.0696. The van der Waals surface area contributed by atoms with Crippen molar-refractivity contribution in [1.29, 1.82) is 0 Å². The summed E-state index contributed by atoms with van der Waals surface area (Å²) in [6.45, 7) is 7.61. The van der Waals surface area contributed by atoms with Gasteiger partial charge >= 0.3 is 0 Å². The molecule has 6 heteroatoms. The molecule has 0 radical (unpaired) electrons. The Kier molecular flexibility index (Phi) is 7.28. The van der Waals surface area contributed by atoms with Gasteiger partial charge in [0.15, 0.2) is 5.84 Å². The van der Waals surface area contributed by atoms with Gasteiger partial charge in [0.25, 0.3) is 0 Å². The smallest absolute Gasteiger partial charge is 0.233 e. The summed E-state index contributed by atoms with van der Waals surface area (Å²) in [4.78, 5) is 13.5. The number of ether oxygens (including phenoxy) is 1. The van der Waals surface area contributed by atoms with E-state index in [4.69, 9.17) is 15.7 Å². The van der Waals surface area contributed by atoms with Gasteiger partial charge in [0, 0.05) is 19.7 Å². The number of carbonyl (C=O) groups is 1. The molecule has 1 amide bonds. The second-order valence-electron chi connectivity index (χ2n) is 3.36. The van der Waals surface area contributed by atoms with Crippen molar-refractivity contribution in [1.82, 2.24) is 4.90 Å². The Morgan fingerprint density at radius 1 is 1.56 bits per heavy atom. The molecule has 16 heavy (non-hydrogen) atoms. The van der Waals surface area contributed by atoms with Crippen LogP contribution in [0, 0.1) is 5.92 Å². The van der Waals surface area contributed by atoms with Crippen LogP contribution in [0.4, 0.5) is 0 Å². The molecular weight excluding hydrogens is 210 g/mol. The molecule has 0 fully saturated rings. The Morgan fingerprint density at radius 2 is 2.19 bits per heavy atom. The molecule has 0 aromatic carbocycles. The summed E-state index contributed by atoms with van der Waals surface area (Å²) < 4.78 is 5.18. The first kappa shape index (κ1) is 14.7. The molecule has 0 spiro atoms. The summed E-state index contributed by atoms with van der Waals surface area (Å²) >= 11 is 0. The third-order valence-electron chi connectivity index (χ3n) is 2.33. The Balaban J connectivity index is 4.29. The molecule has 0 saturated carbocycles. The summed E-state index contributed by atoms with van der Waals surface area (Å²) in [5.74, 6) is -0.830. The molecule has 94 valence electrons. The first-order chi connectivity index (χ1) is 7.58. The van der Waals surface area contributed by atoms with E-state index >= 15 is 0 Å². The second-order valence-corrected chi connectivity index (χ2v) is 3.36. The highest BCUT2D eigenvalue weighted by Gasteiger charge is 2.22. The molecule has 0 aromatic rings. The number of amides is 1. The Bertz CT molecular complexity index is 243. The van der Waals surface area contributed by atoms with E-state index in [1.807, 2.05) is 13.8 Å². The Hall–Kier alpha value is -1.30. The van der Waals surface area contributed by atoms with E-state index in [2.05, 4.69) is 5.16 Å². The SMILES string of the molecule is CCOCCN(CC)C(=O)C(C)C(N)=NO. The summed E-state index contributed by atoms with van der Waals surface area (Å²) in [5.41, 5.74) is 5.39. The summed E-state index contributed by atoms with van der Waals surface area (Å²) in [5, 5.41) is 11.3. The van der Waals surface area contributed by atoms with Gasteiger partial charge in [0.05, 0.1) is 12.5 Å². The van der Waals surface area contributed by atoms with Crippen LogP contribution >= 0.6 is 0 Å². The van der Waals surface area contributed by atoms with E-state index in [0.29, 0.717) is 26.3 Å². The maximum absolute atomic E-state index is 11.9. The third kappa shape index (κ3) is 4.48. The van der Waals surface area contributed by atoms with E-state index in [0.717, 1.165) is 0 Å². The number of hydrogen-bond acceptors (Lipinski definition) is 4. The number of oxime groups is 1. The monoisotopic (exact) mass is 231 g/mol. The quantitative estimate of drug-likeness (QED) is 0.216. The highest BCUT2D eigenvalue weighted by molar-refractivity contribution is 6.01. The molecule has 0 aliphatic carbocycles. The van der Waals surface area contributed by atoms with Gasteiger partial charge in [0.1, 0.15) is 0 Å². The van der Waals surface area contributed by atoms with E-state index in [9.17, 15) is 4.79 Å². The molecule has 1 unspecified atom stereocenters. The van der Waals surface area contributed by atoms with E-state index in [1.165, 1.54) is 0 Å². The molecular formula is C10H21N3O3. The lowest BCUT2D eigenvalue weighted by atomic mass is 10.1. The molecule has 0 saturated heterocycles. The van der Waals surface area contributed by atoms with Gasteiger partial charge < -0.3 is 20.6 Å². The van der Waals surface area contributed by atoms with Crippen molar-refractivity contribution in [3.8, 4) is 0 Å². The number of carbonyl (C=O) groups excluding carboxylic acids is 1. The van der Waals surface area contributed by atoms with Crippen molar-refractivity contribution in [3.05, 3.63) is 0 Å². The predicted octanol–water partition coefficient (Wildman–Crippen LogP) is 0.254. The Morgan fingerprint density at radius 3 is 2.62 bits per heavy atom. The van der Waals surface area contributed by atoms with Crippen LogP contribution in [0.25, 0.3) is 0 Å². The number of likely N-dealkylation sites (N-methyl/N-ethyl adjacent to an activating group) is 1. The molecule has 0 rings (SSSR count). The lowest BCUT2D eigenvalue weighted by Crippen LogP contribution is -2.42. The van der Waals surface area contributed by atoms with E-state index < -0.39 is 5.92 Å². The highest BCUT2D eigenvalue weighted by atomic mass is 16.5. The molecule has 0 aliphatic heterocycles. The number of rotatable bonds is 7. The zero-order valence-electron chi connectivity index (χ0n) is 10.1. The average molecular weight is 231 g/mol. The van der Waals surface area contributed by atoms with Gasteiger partial charge in [0.2, 0.25) is 5.91 Å². The van der Waals surface area contributed by atoms with Crippen LogP contribution in [0.3, 0.4) is 0 Å². The maximum atomic E-state index is 11.9. The van der Waals surface area contributed by atoms with E-state index in [1.54, 1.807) is 11.8 Å². The molecule has 6 nitrogen and oxygen atoms in total. The summed E-state index contributed by atoms with van der Waals surface area (Å²) in [7, 11) is 0. The Labute approximate surface area is 96.0 Å².